The van der Waals surface area contributed by atoms with Gasteiger partial charge in [-0.1, -0.05) is 15.9 Å². The van der Waals surface area contributed by atoms with Gasteiger partial charge in [-0.3, -0.25) is 9.59 Å². The maximum atomic E-state index is 12.4. The van der Waals surface area contributed by atoms with Gasteiger partial charge in [0.25, 0.3) is 0 Å². The van der Waals surface area contributed by atoms with E-state index in [9.17, 15) is 9.59 Å². The summed E-state index contributed by atoms with van der Waals surface area (Å²) in [6.45, 7) is 6.04. The molecule has 1 unspecified atom stereocenters. The fourth-order valence-electron chi connectivity index (χ4n) is 2.27. The molecular weight excluding hydrogens is 352 g/mol. The molecule has 1 saturated heterocycles. The summed E-state index contributed by atoms with van der Waals surface area (Å²) < 4.78 is 1.03. The van der Waals surface area contributed by atoms with Crippen molar-refractivity contribution in [2.24, 2.45) is 0 Å². The molecule has 0 aromatic heterocycles. The van der Waals surface area contributed by atoms with E-state index in [1.165, 1.54) is 0 Å². The van der Waals surface area contributed by atoms with Gasteiger partial charge in [-0.15, -0.1) is 11.8 Å². The zero-order valence-corrected chi connectivity index (χ0v) is 14.6. The Balaban J connectivity index is 1.88. The molecule has 4 nitrogen and oxygen atoms in total. The largest absolute Gasteiger partial charge is 0.339 e. The third kappa shape index (κ3) is 4.48. The van der Waals surface area contributed by atoms with Gasteiger partial charge in [-0.05, 0) is 31.2 Å². The van der Waals surface area contributed by atoms with Crippen molar-refractivity contribution in [3.63, 3.8) is 0 Å². The minimum absolute atomic E-state index is 0.0828. The van der Waals surface area contributed by atoms with Crippen molar-refractivity contribution >= 4 is 39.5 Å². The highest BCUT2D eigenvalue weighted by atomic mass is 79.9. The summed E-state index contributed by atoms with van der Waals surface area (Å²) in [5.74, 6) is 0.227. The first-order valence-corrected chi connectivity index (χ1v) is 8.61. The molecule has 1 atom stereocenters. The predicted octanol–water partition coefficient (Wildman–Crippen LogP) is 2.62. The van der Waals surface area contributed by atoms with E-state index in [1.54, 1.807) is 23.6 Å². The zero-order chi connectivity index (χ0) is 15.4. The minimum Gasteiger partial charge on any atom is -0.339 e. The highest BCUT2D eigenvalue weighted by Crippen LogP contribution is 2.26. The third-order valence-corrected chi connectivity index (χ3v) is 5.14. The number of halogens is 1. The lowest BCUT2D eigenvalue weighted by atomic mass is 10.3. The van der Waals surface area contributed by atoms with Crippen molar-refractivity contribution in [2.75, 3.05) is 26.2 Å². The van der Waals surface area contributed by atoms with E-state index in [0.29, 0.717) is 26.2 Å². The van der Waals surface area contributed by atoms with Gasteiger partial charge in [0.1, 0.15) is 0 Å². The monoisotopic (exact) mass is 370 g/mol. The molecule has 6 heteroatoms. The Labute approximate surface area is 138 Å². The molecule has 1 aliphatic rings. The van der Waals surface area contributed by atoms with Crippen LogP contribution in [0.3, 0.4) is 0 Å². The Morgan fingerprint density at radius 2 is 1.62 bits per heavy atom. The molecule has 1 aromatic carbocycles. The van der Waals surface area contributed by atoms with E-state index in [2.05, 4.69) is 15.9 Å². The highest BCUT2D eigenvalue weighted by molar-refractivity contribution is 9.10. The summed E-state index contributed by atoms with van der Waals surface area (Å²) in [4.78, 5) is 28.5. The molecule has 1 aliphatic heterocycles. The summed E-state index contributed by atoms with van der Waals surface area (Å²) in [6, 6.07) is 7.97. The Bertz CT molecular complexity index is 513. The van der Waals surface area contributed by atoms with Crippen LogP contribution in [0.4, 0.5) is 0 Å². The van der Waals surface area contributed by atoms with Gasteiger partial charge in [0, 0.05) is 42.5 Å². The van der Waals surface area contributed by atoms with E-state index in [-0.39, 0.29) is 17.1 Å². The van der Waals surface area contributed by atoms with Gasteiger partial charge in [0.2, 0.25) is 11.8 Å². The molecule has 0 aliphatic carbocycles. The highest BCUT2D eigenvalue weighted by Gasteiger charge is 2.26. The minimum atomic E-state index is -0.116. The number of rotatable bonds is 3. The van der Waals surface area contributed by atoms with Crippen LogP contribution in [0.25, 0.3) is 0 Å². The average molecular weight is 371 g/mol. The molecule has 0 bridgehead atoms. The van der Waals surface area contributed by atoms with Gasteiger partial charge in [-0.2, -0.15) is 0 Å². The maximum absolute atomic E-state index is 12.4. The van der Waals surface area contributed by atoms with Crippen molar-refractivity contribution in [2.45, 2.75) is 24.0 Å². The Morgan fingerprint density at radius 3 is 2.14 bits per heavy atom. The maximum Gasteiger partial charge on any atom is 0.235 e. The molecule has 114 valence electrons. The summed E-state index contributed by atoms with van der Waals surface area (Å²) in [7, 11) is 0. The Morgan fingerprint density at radius 1 is 1.10 bits per heavy atom. The van der Waals surface area contributed by atoms with Crippen molar-refractivity contribution in [1.29, 1.82) is 0 Å². The van der Waals surface area contributed by atoms with Gasteiger partial charge >= 0.3 is 0 Å². The van der Waals surface area contributed by atoms with Crippen molar-refractivity contribution in [3.05, 3.63) is 28.7 Å². The number of hydrogen-bond donors (Lipinski definition) is 0. The normalized spacial score (nSPS) is 16.7. The third-order valence-electron chi connectivity index (χ3n) is 3.51. The second kappa shape index (κ2) is 7.31. The second-order valence-corrected chi connectivity index (χ2v) is 7.38. The fourth-order valence-corrected chi connectivity index (χ4v) is 3.48. The lowest BCUT2D eigenvalue weighted by Gasteiger charge is -2.35. The van der Waals surface area contributed by atoms with E-state index in [0.717, 1.165) is 9.37 Å². The first-order valence-electron chi connectivity index (χ1n) is 6.94. The van der Waals surface area contributed by atoms with E-state index in [1.807, 2.05) is 36.1 Å². The first-order chi connectivity index (χ1) is 9.97. The molecule has 1 heterocycles. The molecule has 0 saturated carbocycles. The van der Waals surface area contributed by atoms with Crippen LogP contribution in [0.2, 0.25) is 0 Å². The van der Waals surface area contributed by atoms with Gasteiger partial charge < -0.3 is 9.80 Å². The number of thioether (sulfide) groups is 1. The van der Waals surface area contributed by atoms with Crippen molar-refractivity contribution in [1.82, 2.24) is 9.80 Å². The van der Waals surface area contributed by atoms with Crippen LogP contribution in [0.15, 0.2) is 33.6 Å². The number of amides is 2. The first kappa shape index (κ1) is 16.4. The zero-order valence-electron chi connectivity index (χ0n) is 12.2. The van der Waals surface area contributed by atoms with Crippen LogP contribution in [-0.2, 0) is 9.59 Å². The quantitative estimate of drug-likeness (QED) is 0.767. The van der Waals surface area contributed by atoms with Crippen molar-refractivity contribution in [3.8, 4) is 0 Å². The molecule has 0 spiro atoms. The van der Waals surface area contributed by atoms with Crippen LogP contribution in [0, 0.1) is 0 Å². The molecule has 2 amide bonds. The second-order valence-electron chi connectivity index (χ2n) is 5.05. The standard InChI is InChI=1S/C15H19BrN2O2S/c1-11(21-14-5-3-13(16)4-6-14)15(20)18-9-7-17(8-10-18)12(2)19/h3-6,11H,7-10H2,1-2H3. The fraction of sp³-hybridized carbons (Fsp3) is 0.467. The van der Waals surface area contributed by atoms with Crippen LogP contribution >= 0.6 is 27.7 Å². The number of piperazine rings is 1. The van der Waals surface area contributed by atoms with Gasteiger partial charge in [0.05, 0.1) is 5.25 Å². The number of benzene rings is 1. The molecule has 2 rings (SSSR count). The number of carbonyl (C=O) groups is 2. The SMILES string of the molecule is CC(=O)N1CCN(C(=O)C(C)Sc2ccc(Br)cc2)CC1. The molecule has 1 aromatic rings. The van der Waals surface area contributed by atoms with Gasteiger partial charge in [0.15, 0.2) is 0 Å². The Hall–Kier alpha value is -1.01. The number of hydrogen-bond acceptors (Lipinski definition) is 3. The molecular formula is C15H19BrN2O2S. The van der Waals surface area contributed by atoms with Crippen LogP contribution in [-0.4, -0.2) is 53.0 Å². The van der Waals surface area contributed by atoms with E-state index in [4.69, 9.17) is 0 Å². The smallest absolute Gasteiger partial charge is 0.235 e. The Kier molecular flexibility index (Phi) is 5.70. The topological polar surface area (TPSA) is 40.6 Å². The summed E-state index contributed by atoms with van der Waals surface area (Å²) in [5, 5.41) is -0.116. The average Bonchev–Trinajstić information content (AvgIpc) is 2.49. The molecule has 21 heavy (non-hydrogen) atoms. The number of carbonyl (C=O) groups excluding carboxylic acids is 2. The van der Waals surface area contributed by atoms with E-state index < -0.39 is 0 Å². The summed E-state index contributed by atoms with van der Waals surface area (Å²) >= 11 is 4.97. The lowest BCUT2D eigenvalue weighted by molar-refractivity contribution is -0.137. The summed E-state index contributed by atoms with van der Waals surface area (Å²) in [5.41, 5.74) is 0. The lowest BCUT2D eigenvalue weighted by Crippen LogP contribution is -2.51. The van der Waals surface area contributed by atoms with Crippen LogP contribution in [0.1, 0.15) is 13.8 Å². The van der Waals surface area contributed by atoms with E-state index >= 15 is 0 Å². The summed E-state index contributed by atoms with van der Waals surface area (Å²) in [6.07, 6.45) is 0. The van der Waals surface area contributed by atoms with Gasteiger partial charge in [-0.25, -0.2) is 0 Å². The number of nitrogens with zero attached hydrogens (tertiary/aromatic N) is 2. The predicted molar refractivity (Wildman–Crippen MR) is 88.3 cm³/mol. The van der Waals surface area contributed by atoms with Crippen molar-refractivity contribution < 1.29 is 9.59 Å². The van der Waals surface area contributed by atoms with Crippen LogP contribution in [0.5, 0.6) is 0 Å². The molecule has 0 radical (unpaired) electrons. The molecule has 1 fully saturated rings. The molecule has 0 N–H and O–H groups in total. The van der Waals surface area contributed by atoms with Crippen LogP contribution < -0.4 is 0 Å².